The van der Waals surface area contributed by atoms with Crippen LogP contribution in [0, 0.1) is 0 Å². The van der Waals surface area contributed by atoms with E-state index in [1.807, 2.05) is 61.5 Å². The first-order valence-corrected chi connectivity index (χ1v) is 10.7. The molecule has 0 fully saturated rings. The third-order valence-electron chi connectivity index (χ3n) is 4.41. The first-order valence-electron chi connectivity index (χ1n) is 9.70. The predicted molar refractivity (Wildman–Crippen MR) is 120 cm³/mol. The Morgan fingerprint density at radius 3 is 2.61 bits per heavy atom. The van der Waals surface area contributed by atoms with Gasteiger partial charge in [-0.15, -0.1) is 10.2 Å². The Labute approximate surface area is 183 Å². The molecule has 0 radical (unpaired) electrons. The smallest absolute Gasteiger partial charge is 0.234 e. The maximum absolute atomic E-state index is 12.5. The van der Waals surface area contributed by atoms with Gasteiger partial charge in [-0.05, 0) is 43.3 Å². The molecule has 0 aliphatic heterocycles. The lowest BCUT2D eigenvalue weighted by molar-refractivity contribution is -0.113. The lowest BCUT2D eigenvalue weighted by Crippen LogP contribution is -2.15. The first-order chi connectivity index (χ1) is 15.2. The van der Waals surface area contributed by atoms with Crippen LogP contribution in [0.25, 0.3) is 16.9 Å². The van der Waals surface area contributed by atoms with E-state index >= 15 is 0 Å². The summed E-state index contributed by atoms with van der Waals surface area (Å²) in [5.74, 6) is 1.35. The second-order valence-corrected chi connectivity index (χ2v) is 7.38. The average molecular weight is 436 g/mol. The highest BCUT2D eigenvalue weighted by molar-refractivity contribution is 7.99. The van der Waals surface area contributed by atoms with Crippen molar-refractivity contribution in [3.05, 3.63) is 60.7 Å². The van der Waals surface area contributed by atoms with E-state index in [0.717, 1.165) is 17.0 Å². The minimum Gasteiger partial charge on any atom is -0.496 e. The monoisotopic (exact) mass is 435 g/mol. The van der Waals surface area contributed by atoms with Crippen molar-refractivity contribution in [2.75, 3.05) is 24.8 Å². The highest BCUT2D eigenvalue weighted by Crippen LogP contribution is 2.29. The van der Waals surface area contributed by atoms with E-state index in [1.54, 1.807) is 17.7 Å². The van der Waals surface area contributed by atoms with Crippen LogP contribution in [-0.4, -0.2) is 45.2 Å². The number of para-hydroxylation sites is 3. The van der Waals surface area contributed by atoms with Crippen LogP contribution >= 0.6 is 11.8 Å². The van der Waals surface area contributed by atoms with E-state index in [-0.39, 0.29) is 11.7 Å². The topological polar surface area (TPSA) is 90.6 Å². The number of carbonyl (C=O) groups excluding carboxylic acids is 1. The van der Waals surface area contributed by atoms with Gasteiger partial charge in [0.2, 0.25) is 11.1 Å². The minimum absolute atomic E-state index is 0.155. The Bertz CT molecular complexity index is 1210. The molecule has 158 valence electrons. The van der Waals surface area contributed by atoms with Crippen molar-refractivity contribution in [2.24, 2.45) is 0 Å². The second kappa shape index (κ2) is 9.48. The molecule has 4 aromatic rings. The van der Waals surface area contributed by atoms with Gasteiger partial charge in [0.1, 0.15) is 11.5 Å². The summed E-state index contributed by atoms with van der Waals surface area (Å²) in [5.41, 5.74) is 2.82. The van der Waals surface area contributed by atoms with Crippen molar-refractivity contribution in [1.29, 1.82) is 0 Å². The van der Waals surface area contributed by atoms with E-state index in [9.17, 15) is 4.79 Å². The number of fused-ring (bicyclic) bond motifs is 1. The van der Waals surface area contributed by atoms with Crippen molar-refractivity contribution in [1.82, 2.24) is 19.8 Å². The molecule has 9 heteroatoms. The molecule has 0 saturated carbocycles. The number of nitrogens with one attached hydrogen (secondary N) is 1. The maximum Gasteiger partial charge on any atom is 0.234 e. The fourth-order valence-corrected chi connectivity index (χ4v) is 3.71. The zero-order valence-corrected chi connectivity index (χ0v) is 17.9. The Hall–Kier alpha value is -3.59. The van der Waals surface area contributed by atoms with Crippen molar-refractivity contribution < 1.29 is 14.3 Å². The largest absolute Gasteiger partial charge is 0.496 e. The van der Waals surface area contributed by atoms with Crippen LogP contribution in [0.2, 0.25) is 0 Å². The normalized spacial score (nSPS) is 10.8. The van der Waals surface area contributed by atoms with Gasteiger partial charge >= 0.3 is 0 Å². The molecule has 4 rings (SSSR count). The molecule has 0 atom stereocenters. The zero-order valence-electron chi connectivity index (χ0n) is 17.1. The Morgan fingerprint density at radius 2 is 1.81 bits per heavy atom. The zero-order chi connectivity index (χ0) is 21.6. The minimum atomic E-state index is -0.171. The number of anilines is 1. The van der Waals surface area contributed by atoms with E-state index in [2.05, 4.69) is 20.6 Å². The van der Waals surface area contributed by atoms with Crippen LogP contribution in [0.1, 0.15) is 6.92 Å². The summed E-state index contributed by atoms with van der Waals surface area (Å²) < 4.78 is 12.6. The number of methoxy groups -OCH3 is 1. The van der Waals surface area contributed by atoms with Crippen molar-refractivity contribution >= 4 is 29.0 Å². The van der Waals surface area contributed by atoms with Crippen molar-refractivity contribution in [3.63, 3.8) is 0 Å². The Kier molecular flexibility index (Phi) is 6.32. The van der Waals surface area contributed by atoms with Gasteiger partial charge in [-0.25, -0.2) is 0 Å². The number of rotatable bonds is 8. The van der Waals surface area contributed by atoms with Gasteiger partial charge in [0.05, 0.1) is 30.9 Å². The molecule has 0 aliphatic rings. The molecule has 2 heterocycles. The molecule has 31 heavy (non-hydrogen) atoms. The molecule has 8 nitrogen and oxygen atoms in total. The van der Waals surface area contributed by atoms with E-state index in [0.29, 0.717) is 28.8 Å². The van der Waals surface area contributed by atoms with E-state index in [4.69, 9.17) is 9.47 Å². The van der Waals surface area contributed by atoms with E-state index in [1.165, 1.54) is 11.8 Å². The molecule has 1 amide bonds. The molecular formula is C22H21N5O3S. The number of aromatic nitrogens is 4. The molecule has 0 spiro atoms. The van der Waals surface area contributed by atoms with E-state index < -0.39 is 0 Å². The predicted octanol–water partition coefficient (Wildman–Crippen LogP) is 3.93. The third-order valence-corrected chi connectivity index (χ3v) is 5.33. The van der Waals surface area contributed by atoms with Gasteiger partial charge in [0, 0.05) is 5.56 Å². The van der Waals surface area contributed by atoms with Gasteiger partial charge in [0.25, 0.3) is 0 Å². The molecule has 0 bridgehead atoms. The SMILES string of the molecule is CCOc1ccccc1NC(=O)CSc1nnc2ccc(-c3ccccc3OC)nn12. The highest BCUT2D eigenvalue weighted by Gasteiger charge is 2.14. The number of hydrogen-bond donors (Lipinski definition) is 1. The summed E-state index contributed by atoms with van der Waals surface area (Å²) in [5, 5.41) is 16.4. The number of benzene rings is 2. The second-order valence-electron chi connectivity index (χ2n) is 6.44. The molecule has 2 aromatic heterocycles. The van der Waals surface area contributed by atoms with Crippen LogP contribution in [0.4, 0.5) is 5.69 Å². The summed E-state index contributed by atoms with van der Waals surface area (Å²) in [6, 6.07) is 18.7. The van der Waals surface area contributed by atoms with Gasteiger partial charge in [-0.1, -0.05) is 36.0 Å². The van der Waals surface area contributed by atoms with Crippen molar-refractivity contribution in [2.45, 2.75) is 12.1 Å². The fraction of sp³-hybridized carbons (Fsp3) is 0.182. The highest BCUT2D eigenvalue weighted by atomic mass is 32.2. The van der Waals surface area contributed by atoms with Gasteiger partial charge in [0.15, 0.2) is 5.65 Å². The Balaban J connectivity index is 1.51. The lowest BCUT2D eigenvalue weighted by atomic mass is 10.1. The van der Waals surface area contributed by atoms with Crippen LogP contribution in [0.3, 0.4) is 0 Å². The van der Waals surface area contributed by atoms with Crippen molar-refractivity contribution in [3.8, 4) is 22.8 Å². The summed E-state index contributed by atoms with van der Waals surface area (Å²) in [4.78, 5) is 12.5. The van der Waals surface area contributed by atoms with Crippen LogP contribution in [-0.2, 0) is 4.79 Å². The molecule has 2 aromatic carbocycles. The van der Waals surface area contributed by atoms with Gasteiger partial charge in [-0.3, -0.25) is 4.79 Å². The quantitative estimate of drug-likeness (QED) is 0.419. The Morgan fingerprint density at radius 1 is 1.03 bits per heavy atom. The fourth-order valence-electron chi connectivity index (χ4n) is 3.03. The molecule has 0 saturated heterocycles. The third kappa shape index (κ3) is 4.61. The molecule has 0 aliphatic carbocycles. The molecule has 1 N–H and O–H groups in total. The number of carbonyl (C=O) groups is 1. The van der Waals surface area contributed by atoms with Crippen LogP contribution in [0.15, 0.2) is 65.8 Å². The summed E-state index contributed by atoms with van der Waals surface area (Å²) >= 11 is 1.26. The summed E-state index contributed by atoms with van der Waals surface area (Å²) in [7, 11) is 1.62. The number of amides is 1. The van der Waals surface area contributed by atoms with Crippen LogP contribution in [0.5, 0.6) is 11.5 Å². The lowest BCUT2D eigenvalue weighted by Gasteiger charge is -2.11. The number of nitrogens with zero attached hydrogens (tertiary/aromatic N) is 4. The first kappa shape index (κ1) is 20.7. The number of ether oxygens (including phenoxy) is 2. The van der Waals surface area contributed by atoms with Gasteiger partial charge in [-0.2, -0.15) is 9.61 Å². The maximum atomic E-state index is 12.5. The molecular weight excluding hydrogens is 414 g/mol. The number of hydrogen-bond acceptors (Lipinski definition) is 7. The average Bonchev–Trinajstić information content (AvgIpc) is 3.21. The van der Waals surface area contributed by atoms with Crippen LogP contribution < -0.4 is 14.8 Å². The summed E-state index contributed by atoms with van der Waals surface area (Å²) in [6.45, 7) is 2.42. The standard InChI is InChI=1S/C22H21N5O3S/c1-3-30-19-11-7-5-9-17(19)23-21(28)14-31-22-25-24-20-13-12-16(26-27(20)22)15-8-4-6-10-18(15)29-2/h4-13H,3,14H2,1-2H3,(H,23,28). The molecule has 0 unspecified atom stereocenters. The summed E-state index contributed by atoms with van der Waals surface area (Å²) in [6.07, 6.45) is 0. The van der Waals surface area contributed by atoms with Gasteiger partial charge < -0.3 is 14.8 Å². The number of thioether (sulfide) groups is 1.